The van der Waals surface area contributed by atoms with E-state index in [9.17, 15) is 14.4 Å². The summed E-state index contributed by atoms with van der Waals surface area (Å²) in [5, 5.41) is 0. The van der Waals surface area contributed by atoms with Crippen LogP contribution in [0.15, 0.2) is 12.2 Å². The monoisotopic (exact) mass is 791 g/mol. The van der Waals surface area contributed by atoms with Crippen molar-refractivity contribution in [2.45, 2.75) is 277 Å². The van der Waals surface area contributed by atoms with Crippen molar-refractivity contribution in [3.63, 3.8) is 0 Å². The molecule has 0 fully saturated rings. The van der Waals surface area contributed by atoms with E-state index in [0.717, 1.165) is 64.2 Å². The summed E-state index contributed by atoms with van der Waals surface area (Å²) in [5.41, 5.74) is 0. The van der Waals surface area contributed by atoms with Gasteiger partial charge in [-0.2, -0.15) is 0 Å². The Morgan fingerprint density at radius 3 is 0.893 bits per heavy atom. The summed E-state index contributed by atoms with van der Waals surface area (Å²) in [5.74, 6) is -0.868. The summed E-state index contributed by atoms with van der Waals surface area (Å²) >= 11 is 0. The molecule has 0 bridgehead atoms. The predicted octanol–water partition coefficient (Wildman–Crippen LogP) is 15.8. The van der Waals surface area contributed by atoms with E-state index in [2.05, 4.69) is 32.9 Å². The normalized spacial score (nSPS) is 12.0. The third kappa shape index (κ3) is 43.3. The Morgan fingerprint density at radius 2 is 0.589 bits per heavy atom. The van der Waals surface area contributed by atoms with Crippen molar-refractivity contribution in [1.82, 2.24) is 0 Å². The van der Waals surface area contributed by atoms with Crippen LogP contribution in [-0.4, -0.2) is 37.2 Å². The van der Waals surface area contributed by atoms with E-state index in [4.69, 9.17) is 14.2 Å². The van der Waals surface area contributed by atoms with Crippen molar-refractivity contribution in [1.29, 1.82) is 0 Å². The van der Waals surface area contributed by atoms with Crippen LogP contribution >= 0.6 is 0 Å². The summed E-state index contributed by atoms with van der Waals surface area (Å²) in [7, 11) is 0. The lowest BCUT2D eigenvalue weighted by Crippen LogP contribution is -2.30. The molecule has 0 heterocycles. The highest BCUT2D eigenvalue weighted by Gasteiger charge is 2.19. The fraction of sp³-hybridized carbons (Fsp3) is 0.900. The number of allylic oxidation sites excluding steroid dienone is 2. The maximum Gasteiger partial charge on any atom is 0.306 e. The molecule has 0 aliphatic heterocycles. The maximum atomic E-state index is 12.7. The SMILES string of the molecule is CCCCCCCC/C=C\CCCCCCCC(=O)OCC(COC(=O)CCCCCCCCCC)OC(=O)CCCCCCCCCCCCCCCCC. The number of hydrogen-bond donors (Lipinski definition) is 0. The molecule has 0 aliphatic carbocycles. The molecule has 0 N–H and O–H groups in total. The lowest BCUT2D eigenvalue weighted by molar-refractivity contribution is -0.167. The molecule has 0 amide bonds. The molecule has 6 heteroatoms. The minimum Gasteiger partial charge on any atom is -0.462 e. The standard InChI is InChI=1S/C50H94O6/c1-4-7-10-13-16-19-21-23-25-27-29-31-34-37-40-43-49(52)55-46-47(45-54-48(51)42-39-36-33-18-15-12-9-6-3)56-50(53)44-41-38-35-32-30-28-26-24-22-20-17-14-11-8-5-2/h23,25,47H,4-22,24,26-46H2,1-3H3/b25-23-. The minimum atomic E-state index is -0.764. The van der Waals surface area contributed by atoms with Gasteiger partial charge in [-0.25, -0.2) is 0 Å². The second-order valence-corrected chi connectivity index (χ2v) is 16.7. The Hall–Kier alpha value is -1.85. The molecule has 0 saturated carbocycles. The van der Waals surface area contributed by atoms with Gasteiger partial charge in [-0.15, -0.1) is 0 Å². The van der Waals surface area contributed by atoms with E-state index >= 15 is 0 Å². The third-order valence-electron chi connectivity index (χ3n) is 11.0. The molecule has 1 atom stereocenters. The quantitative estimate of drug-likeness (QED) is 0.0264. The summed E-state index contributed by atoms with van der Waals surface area (Å²) in [4.78, 5) is 37.7. The first-order chi connectivity index (χ1) is 27.5. The van der Waals surface area contributed by atoms with Crippen LogP contribution in [0.2, 0.25) is 0 Å². The highest BCUT2D eigenvalue weighted by atomic mass is 16.6. The van der Waals surface area contributed by atoms with Gasteiger partial charge in [-0.1, -0.05) is 219 Å². The molecule has 1 unspecified atom stereocenters. The van der Waals surface area contributed by atoms with Crippen molar-refractivity contribution in [2.75, 3.05) is 13.2 Å². The van der Waals surface area contributed by atoms with Crippen LogP contribution in [0.3, 0.4) is 0 Å². The predicted molar refractivity (Wildman–Crippen MR) is 238 cm³/mol. The van der Waals surface area contributed by atoms with Crippen LogP contribution in [0.4, 0.5) is 0 Å². The molecule has 0 aromatic carbocycles. The average molecular weight is 791 g/mol. The van der Waals surface area contributed by atoms with E-state index < -0.39 is 6.10 Å². The number of esters is 3. The minimum absolute atomic E-state index is 0.0683. The molecular formula is C50H94O6. The molecule has 56 heavy (non-hydrogen) atoms. The Bertz CT molecular complexity index is 870. The zero-order valence-electron chi connectivity index (χ0n) is 37.7. The van der Waals surface area contributed by atoms with Gasteiger partial charge in [-0.3, -0.25) is 14.4 Å². The number of rotatable bonds is 45. The van der Waals surface area contributed by atoms with Gasteiger partial charge in [0.15, 0.2) is 6.10 Å². The number of unbranched alkanes of at least 4 members (excludes halogenated alkanes) is 32. The largest absolute Gasteiger partial charge is 0.462 e. The molecule has 0 rings (SSSR count). The van der Waals surface area contributed by atoms with Gasteiger partial charge in [0.1, 0.15) is 13.2 Å². The zero-order valence-corrected chi connectivity index (χ0v) is 37.7. The Kier molecular flexibility index (Phi) is 44.3. The molecule has 0 radical (unpaired) electrons. The first-order valence-electron chi connectivity index (χ1n) is 24.7. The topological polar surface area (TPSA) is 78.9 Å². The second kappa shape index (κ2) is 45.8. The number of carbonyl (C=O) groups is 3. The van der Waals surface area contributed by atoms with E-state index in [1.807, 2.05) is 0 Å². The van der Waals surface area contributed by atoms with Gasteiger partial charge in [0, 0.05) is 19.3 Å². The molecule has 0 aliphatic rings. The highest BCUT2D eigenvalue weighted by molar-refractivity contribution is 5.71. The van der Waals surface area contributed by atoms with Crippen LogP contribution < -0.4 is 0 Å². The fourth-order valence-corrected chi connectivity index (χ4v) is 7.26. The van der Waals surface area contributed by atoms with Crippen molar-refractivity contribution >= 4 is 17.9 Å². The Morgan fingerprint density at radius 1 is 0.339 bits per heavy atom. The van der Waals surface area contributed by atoms with Crippen molar-refractivity contribution < 1.29 is 28.6 Å². The fourth-order valence-electron chi connectivity index (χ4n) is 7.26. The van der Waals surface area contributed by atoms with Crippen LogP contribution in [0.25, 0.3) is 0 Å². The third-order valence-corrected chi connectivity index (χ3v) is 11.0. The first kappa shape index (κ1) is 54.2. The molecule has 330 valence electrons. The van der Waals surface area contributed by atoms with E-state index in [1.54, 1.807) is 0 Å². The zero-order chi connectivity index (χ0) is 40.8. The van der Waals surface area contributed by atoms with Gasteiger partial charge in [0.2, 0.25) is 0 Å². The van der Waals surface area contributed by atoms with Crippen molar-refractivity contribution in [2.24, 2.45) is 0 Å². The Balaban J connectivity index is 4.28. The van der Waals surface area contributed by atoms with Crippen LogP contribution in [0.1, 0.15) is 271 Å². The second-order valence-electron chi connectivity index (χ2n) is 16.7. The highest BCUT2D eigenvalue weighted by Crippen LogP contribution is 2.16. The van der Waals surface area contributed by atoms with E-state index in [0.29, 0.717) is 19.3 Å². The smallest absolute Gasteiger partial charge is 0.306 e. The van der Waals surface area contributed by atoms with Crippen LogP contribution in [0, 0.1) is 0 Å². The first-order valence-corrected chi connectivity index (χ1v) is 24.7. The van der Waals surface area contributed by atoms with Gasteiger partial charge < -0.3 is 14.2 Å². The molecule has 0 aromatic heterocycles. The van der Waals surface area contributed by atoms with Crippen LogP contribution in [-0.2, 0) is 28.6 Å². The van der Waals surface area contributed by atoms with Crippen molar-refractivity contribution in [3.05, 3.63) is 12.2 Å². The molecule has 0 spiro atoms. The number of ether oxygens (including phenoxy) is 3. The number of carbonyl (C=O) groups excluding carboxylic acids is 3. The van der Waals surface area contributed by atoms with Gasteiger partial charge in [-0.05, 0) is 44.9 Å². The summed E-state index contributed by atoms with van der Waals surface area (Å²) < 4.78 is 16.7. The summed E-state index contributed by atoms with van der Waals surface area (Å²) in [6.45, 7) is 6.62. The molecular weight excluding hydrogens is 697 g/mol. The van der Waals surface area contributed by atoms with Crippen molar-refractivity contribution in [3.8, 4) is 0 Å². The van der Waals surface area contributed by atoms with Gasteiger partial charge in [0.25, 0.3) is 0 Å². The van der Waals surface area contributed by atoms with Gasteiger partial charge in [0.05, 0.1) is 0 Å². The molecule has 0 aromatic rings. The number of hydrogen-bond acceptors (Lipinski definition) is 6. The summed E-state index contributed by atoms with van der Waals surface area (Å²) in [6, 6.07) is 0. The Labute approximate surface area is 348 Å². The van der Waals surface area contributed by atoms with E-state index in [-0.39, 0.29) is 31.1 Å². The molecule has 6 nitrogen and oxygen atoms in total. The maximum absolute atomic E-state index is 12.7. The van der Waals surface area contributed by atoms with Gasteiger partial charge >= 0.3 is 17.9 Å². The van der Waals surface area contributed by atoms with E-state index in [1.165, 1.54) is 167 Å². The van der Waals surface area contributed by atoms with Crippen LogP contribution in [0.5, 0.6) is 0 Å². The molecule has 0 saturated heterocycles. The lowest BCUT2D eigenvalue weighted by atomic mass is 10.0. The lowest BCUT2D eigenvalue weighted by Gasteiger charge is -2.18. The average Bonchev–Trinajstić information content (AvgIpc) is 3.19. The summed E-state index contributed by atoms with van der Waals surface area (Å²) in [6.07, 6.45) is 49.1.